The Balaban J connectivity index is 2.33. The maximum atomic E-state index is 11.7. The number of ether oxygens (including phenoxy) is 3. The van der Waals surface area contributed by atoms with Gasteiger partial charge in [0.05, 0.1) is 6.42 Å². The Morgan fingerprint density at radius 3 is 2.53 bits per heavy atom. The minimum atomic E-state index is -0.900. The van der Waals surface area contributed by atoms with Crippen molar-refractivity contribution in [2.45, 2.75) is 39.9 Å². The van der Waals surface area contributed by atoms with E-state index < -0.39 is 5.79 Å². The molecule has 1 unspecified atom stereocenters. The SMILES string of the molecule is CCOC1(OCC)C=CC2C(=C1)OC(=O)CC2(C)C. The average molecular weight is 266 g/mol. The number of carbonyl (C=O) groups excluding carboxylic acids is 1. The van der Waals surface area contributed by atoms with Crippen molar-refractivity contribution in [1.82, 2.24) is 0 Å². The van der Waals surface area contributed by atoms with Crippen LogP contribution in [0.5, 0.6) is 0 Å². The van der Waals surface area contributed by atoms with Crippen LogP contribution in [0.25, 0.3) is 0 Å². The minimum Gasteiger partial charge on any atom is -0.431 e. The Kier molecular flexibility index (Phi) is 3.83. The van der Waals surface area contributed by atoms with Crippen LogP contribution in [0.1, 0.15) is 34.1 Å². The molecule has 0 aromatic heterocycles. The first-order valence-electron chi connectivity index (χ1n) is 6.83. The van der Waals surface area contributed by atoms with Gasteiger partial charge in [0.25, 0.3) is 0 Å². The van der Waals surface area contributed by atoms with Crippen LogP contribution < -0.4 is 0 Å². The van der Waals surface area contributed by atoms with Crippen molar-refractivity contribution < 1.29 is 19.0 Å². The predicted octanol–water partition coefficient (Wildman–Crippen LogP) is 2.80. The fourth-order valence-electron chi connectivity index (χ4n) is 2.72. The van der Waals surface area contributed by atoms with E-state index in [9.17, 15) is 4.79 Å². The lowest BCUT2D eigenvalue weighted by atomic mass is 9.71. The van der Waals surface area contributed by atoms with Gasteiger partial charge in [-0.15, -0.1) is 0 Å². The summed E-state index contributed by atoms with van der Waals surface area (Å²) in [4.78, 5) is 11.7. The van der Waals surface area contributed by atoms with Gasteiger partial charge in [-0.3, -0.25) is 4.79 Å². The molecule has 0 N–H and O–H groups in total. The lowest BCUT2D eigenvalue weighted by Gasteiger charge is -2.41. The molecule has 0 saturated carbocycles. The van der Waals surface area contributed by atoms with Gasteiger partial charge in [0.1, 0.15) is 5.76 Å². The summed E-state index contributed by atoms with van der Waals surface area (Å²) in [6, 6.07) is 0. The van der Waals surface area contributed by atoms with Crippen LogP contribution in [0, 0.1) is 11.3 Å². The summed E-state index contributed by atoms with van der Waals surface area (Å²) >= 11 is 0. The van der Waals surface area contributed by atoms with Gasteiger partial charge in [0.2, 0.25) is 5.79 Å². The van der Waals surface area contributed by atoms with Gasteiger partial charge in [-0.1, -0.05) is 19.9 Å². The van der Waals surface area contributed by atoms with E-state index in [4.69, 9.17) is 14.2 Å². The molecule has 1 heterocycles. The highest BCUT2D eigenvalue weighted by molar-refractivity contribution is 5.73. The maximum Gasteiger partial charge on any atom is 0.311 e. The highest BCUT2D eigenvalue weighted by Crippen LogP contribution is 2.45. The fourth-order valence-corrected chi connectivity index (χ4v) is 2.72. The molecule has 0 aromatic rings. The van der Waals surface area contributed by atoms with E-state index in [0.717, 1.165) is 0 Å². The number of hydrogen-bond acceptors (Lipinski definition) is 4. The lowest BCUT2D eigenvalue weighted by Crippen LogP contribution is -2.41. The third-order valence-corrected chi connectivity index (χ3v) is 3.58. The quantitative estimate of drug-likeness (QED) is 0.446. The third-order valence-electron chi connectivity index (χ3n) is 3.58. The first kappa shape index (κ1) is 14.3. The average Bonchev–Trinajstić information content (AvgIpc) is 2.27. The first-order valence-corrected chi connectivity index (χ1v) is 6.83. The van der Waals surface area contributed by atoms with E-state index >= 15 is 0 Å². The molecule has 4 nitrogen and oxygen atoms in total. The van der Waals surface area contributed by atoms with Crippen LogP contribution in [0.2, 0.25) is 0 Å². The summed E-state index contributed by atoms with van der Waals surface area (Å²) in [6.45, 7) is 9.02. The first-order chi connectivity index (χ1) is 8.92. The zero-order chi connectivity index (χ0) is 14.1. The van der Waals surface area contributed by atoms with Crippen molar-refractivity contribution in [3.63, 3.8) is 0 Å². The highest BCUT2D eigenvalue weighted by Gasteiger charge is 2.44. The predicted molar refractivity (Wildman–Crippen MR) is 71.2 cm³/mol. The van der Waals surface area contributed by atoms with Crippen molar-refractivity contribution in [2.75, 3.05) is 13.2 Å². The van der Waals surface area contributed by atoms with E-state index in [1.807, 2.05) is 26.0 Å². The van der Waals surface area contributed by atoms with Gasteiger partial charge in [0, 0.05) is 25.2 Å². The molecule has 0 radical (unpaired) electrons. The molecule has 1 fully saturated rings. The Morgan fingerprint density at radius 2 is 1.95 bits per heavy atom. The molecule has 1 saturated heterocycles. The second-order valence-electron chi connectivity index (χ2n) is 5.61. The van der Waals surface area contributed by atoms with Gasteiger partial charge in [-0.25, -0.2) is 0 Å². The molecule has 106 valence electrons. The summed E-state index contributed by atoms with van der Waals surface area (Å²) in [7, 11) is 0. The van der Waals surface area contributed by atoms with E-state index in [-0.39, 0.29) is 17.3 Å². The summed E-state index contributed by atoms with van der Waals surface area (Å²) in [5.74, 6) is -0.349. The summed E-state index contributed by atoms with van der Waals surface area (Å²) in [6.07, 6.45) is 6.18. The largest absolute Gasteiger partial charge is 0.431 e. The van der Waals surface area contributed by atoms with Gasteiger partial charge in [0.15, 0.2) is 0 Å². The molecule has 19 heavy (non-hydrogen) atoms. The van der Waals surface area contributed by atoms with Gasteiger partial charge >= 0.3 is 5.97 Å². The van der Waals surface area contributed by atoms with Crippen molar-refractivity contribution in [3.8, 4) is 0 Å². The van der Waals surface area contributed by atoms with Crippen LogP contribution in [0.3, 0.4) is 0 Å². The molecule has 0 aromatic carbocycles. The number of allylic oxidation sites excluding steroid dienone is 1. The number of rotatable bonds is 4. The van der Waals surface area contributed by atoms with Crippen LogP contribution >= 0.6 is 0 Å². The van der Waals surface area contributed by atoms with Crippen molar-refractivity contribution in [2.24, 2.45) is 11.3 Å². The van der Waals surface area contributed by atoms with Gasteiger partial charge in [-0.2, -0.15) is 0 Å². The molecule has 2 rings (SSSR count). The fraction of sp³-hybridized carbons (Fsp3) is 0.667. The maximum absolute atomic E-state index is 11.7. The van der Waals surface area contributed by atoms with E-state index in [0.29, 0.717) is 25.4 Å². The second-order valence-corrected chi connectivity index (χ2v) is 5.61. The standard InChI is InChI=1S/C15H22O4/c1-5-17-15(18-6-2)8-7-11-12(9-15)19-13(16)10-14(11,3)4/h7-9,11H,5-6,10H2,1-4H3. The van der Waals surface area contributed by atoms with Crippen LogP contribution in [0.15, 0.2) is 24.0 Å². The number of hydrogen-bond donors (Lipinski definition) is 0. The second kappa shape index (κ2) is 5.10. The number of carbonyl (C=O) groups is 1. The molecule has 2 aliphatic rings. The van der Waals surface area contributed by atoms with Crippen LogP contribution in [-0.2, 0) is 19.0 Å². The normalized spacial score (nSPS) is 27.5. The number of fused-ring (bicyclic) bond motifs is 1. The van der Waals surface area contributed by atoms with E-state index in [1.54, 1.807) is 6.08 Å². The molecular formula is C15H22O4. The van der Waals surface area contributed by atoms with Gasteiger partial charge in [-0.05, 0) is 25.3 Å². The molecule has 0 bridgehead atoms. The lowest BCUT2D eigenvalue weighted by molar-refractivity contribution is -0.172. The molecule has 1 aliphatic carbocycles. The van der Waals surface area contributed by atoms with E-state index in [2.05, 4.69) is 13.8 Å². The molecule has 1 atom stereocenters. The van der Waals surface area contributed by atoms with Crippen molar-refractivity contribution in [1.29, 1.82) is 0 Å². The molecule has 1 aliphatic heterocycles. The summed E-state index contributed by atoms with van der Waals surface area (Å²) in [5, 5.41) is 0. The van der Waals surface area contributed by atoms with Gasteiger partial charge < -0.3 is 14.2 Å². The highest BCUT2D eigenvalue weighted by atomic mass is 16.7. The minimum absolute atomic E-state index is 0.0965. The summed E-state index contributed by atoms with van der Waals surface area (Å²) < 4.78 is 16.8. The van der Waals surface area contributed by atoms with Crippen molar-refractivity contribution >= 4 is 5.97 Å². The third kappa shape index (κ3) is 2.74. The molecule has 0 amide bonds. The molecular weight excluding hydrogens is 244 g/mol. The smallest absolute Gasteiger partial charge is 0.311 e. The Labute approximate surface area is 114 Å². The monoisotopic (exact) mass is 266 g/mol. The van der Waals surface area contributed by atoms with Crippen molar-refractivity contribution in [3.05, 3.63) is 24.0 Å². The zero-order valence-electron chi connectivity index (χ0n) is 12.1. The number of esters is 1. The topological polar surface area (TPSA) is 44.8 Å². The molecule has 0 spiro atoms. The van der Waals surface area contributed by atoms with E-state index in [1.165, 1.54) is 0 Å². The Hall–Kier alpha value is -1.13. The Morgan fingerprint density at radius 1 is 1.32 bits per heavy atom. The summed E-state index contributed by atoms with van der Waals surface area (Å²) in [5.41, 5.74) is -0.137. The van der Waals surface area contributed by atoms with Crippen LogP contribution in [-0.4, -0.2) is 25.0 Å². The Bertz CT molecular complexity index is 414. The molecule has 4 heteroatoms. The van der Waals surface area contributed by atoms with Crippen LogP contribution in [0.4, 0.5) is 0 Å². The zero-order valence-corrected chi connectivity index (χ0v) is 12.1.